The summed E-state index contributed by atoms with van der Waals surface area (Å²) in [6, 6.07) is 20.4. The van der Waals surface area contributed by atoms with Crippen molar-refractivity contribution in [3.8, 4) is 0 Å². The first-order valence-corrected chi connectivity index (χ1v) is 14.9. The first-order valence-electron chi connectivity index (χ1n) is 14.9. The van der Waals surface area contributed by atoms with Gasteiger partial charge in [0.1, 0.15) is 17.0 Å². The smallest absolute Gasteiger partial charge is 0.136 e. The summed E-state index contributed by atoms with van der Waals surface area (Å²) in [6.07, 6.45) is 7.08. The Balaban J connectivity index is 1.32. The number of hydrogen-bond donors (Lipinski definition) is 2. The molecule has 0 unspecified atom stereocenters. The van der Waals surface area contributed by atoms with Crippen molar-refractivity contribution in [1.29, 1.82) is 0 Å². The second-order valence-corrected chi connectivity index (χ2v) is 12.7. The summed E-state index contributed by atoms with van der Waals surface area (Å²) in [6.45, 7) is 6.19. The molecule has 2 aromatic rings. The van der Waals surface area contributed by atoms with Gasteiger partial charge in [0.2, 0.25) is 0 Å². The number of rotatable bonds is 6. The molecule has 4 aliphatic rings. The van der Waals surface area contributed by atoms with Gasteiger partial charge in [-0.2, -0.15) is 0 Å². The number of benzene rings is 2. The molecule has 0 radical (unpaired) electrons. The van der Waals surface area contributed by atoms with Gasteiger partial charge >= 0.3 is 0 Å². The molecule has 6 rings (SSSR count). The molecule has 5 nitrogen and oxygen atoms in total. The number of nitrogens with zero attached hydrogens (tertiary/aromatic N) is 2. The Bertz CT molecular complexity index is 1040. The number of Topliss-reactive ketones (excluding diaryl/α,β-unsaturated/α-hetero) is 1. The maximum atomic E-state index is 14.1. The SMILES string of the molecule is C[C@@H]1C[C@@H]2CCCN2[C@@H](CC(=O)C[C@@H]2N3CCC[C@H]3C[C@@H](C)[C@]2(O)c2ccccc2)[C@@]1(O)c1ccccc1. The first-order chi connectivity index (χ1) is 18.3. The van der Waals surface area contributed by atoms with Gasteiger partial charge in [0, 0.05) is 24.9 Å². The van der Waals surface area contributed by atoms with Crippen LogP contribution in [0.5, 0.6) is 0 Å². The molecule has 4 heterocycles. The lowest BCUT2D eigenvalue weighted by atomic mass is 9.67. The van der Waals surface area contributed by atoms with Crippen LogP contribution in [0.25, 0.3) is 0 Å². The summed E-state index contributed by atoms with van der Waals surface area (Å²) < 4.78 is 0. The minimum atomic E-state index is -1.07. The van der Waals surface area contributed by atoms with E-state index in [1.165, 1.54) is 0 Å². The molecule has 8 atom stereocenters. The summed E-state index contributed by atoms with van der Waals surface area (Å²) in [5.41, 5.74) is -0.294. The monoisotopic (exact) mass is 516 g/mol. The lowest BCUT2D eigenvalue weighted by Crippen LogP contribution is -2.62. The predicted molar refractivity (Wildman–Crippen MR) is 150 cm³/mol. The Morgan fingerprint density at radius 1 is 0.737 bits per heavy atom. The van der Waals surface area contributed by atoms with Crippen LogP contribution in [-0.4, -0.2) is 63.1 Å². The fourth-order valence-electron chi connectivity index (χ4n) is 8.81. The Labute approximate surface area is 227 Å². The quantitative estimate of drug-likeness (QED) is 0.574. The maximum Gasteiger partial charge on any atom is 0.136 e. The van der Waals surface area contributed by atoms with Gasteiger partial charge < -0.3 is 10.2 Å². The molecule has 0 amide bonds. The van der Waals surface area contributed by atoms with Gasteiger partial charge in [-0.15, -0.1) is 0 Å². The van der Waals surface area contributed by atoms with E-state index in [2.05, 4.69) is 23.6 Å². The van der Waals surface area contributed by atoms with Crippen molar-refractivity contribution in [1.82, 2.24) is 9.80 Å². The highest BCUT2D eigenvalue weighted by atomic mass is 16.3. The van der Waals surface area contributed by atoms with Crippen LogP contribution in [-0.2, 0) is 16.0 Å². The fraction of sp³-hybridized carbons (Fsp3) is 0.606. The molecule has 0 saturated carbocycles. The average Bonchev–Trinajstić information content (AvgIpc) is 3.59. The second kappa shape index (κ2) is 10.2. The largest absolute Gasteiger partial charge is 0.383 e. The third-order valence-electron chi connectivity index (χ3n) is 10.7. The second-order valence-electron chi connectivity index (χ2n) is 12.7. The summed E-state index contributed by atoms with van der Waals surface area (Å²) in [5.74, 6) is 0.296. The molecule has 4 saturated heterocycles. The molecular formula is C33H44N2O3. The van der Waals surface area contributed by atoms with E-state index in [0.717, 1.165) is 62.7 Å². The van der Waals surface area contributed by atoms with Crippen molar-refractivity contribution in [2.24, 2.45) is 11.8 Å². The molecule has 0 bridgehead atoms. The van der Waals surface area contributed by atoms with Gasteiger partial charge in [-0.3, -0.25) is 14.6 Å². The van der Waals surface area contributed by atoms with Crippen LogP contribution in [0.1, 0.15) is 76.3 Å². The van der Waals surface area contributed by atoms with E-state index in [1.807, 2.05) is 60.7 Å². The van der Waals surface area contributed by atoms with Crippen molar-refractivity contribution in [3.63, 3.8) is 0 Å². The average molecular weight is 517 g/mol. The first kappa shape index (κ1) is 26.2. The summed E-state index contributed by atoms with van der Waals surface area (Å²) in [4.78, 5) is 19.0. The van der Waals surface area contributed by atoms with Crippen molar-refractivity contribution in [2.75, 3.05) is 13.1 Å². The summed E-state index contributed by atoms with van der Waals surface area (Å²) >= 11 is 0. The molecule has 5 heteroatoms. The maximum absolute atomic E-state index is 14.1. The molecule has 0 aliphatic carbocycles. The number of carbonyl (C=O) groups is 1. The molecule has 2 aromatic carbocycles. The van der Waals surface area contributed by atoms with E-state index in [0.29, 0.717) is 24.9 Å². The molecule has 204 valence electrons. The van der Waals surface area contributed by atoms with E-state index in [-0.39, 0.29) is 29.7 Å². The number of ketones is 1. The number of hydrogen-bond acceptors (Lipinski definition) is 5. The number of carbonyl (C=O) groups excluding carboxylic acids is 1. The fourth-order valence-corrected chi connectivity index (χ4v) is 8.81. The number of piperidine rings is 2. The highest BCUT2D eigenvalue weighted by molar-refractivity contribution is 5.80. The van der Waals surface area contributed by atoms with E-state index in [1.54, 1.807) is 0 Å². The molecule has 38 heavy (non-hydrogen) atoms. The molecule has 4 fully saturated rings. The Hall–Kier alpha value is -2.05. The van der Waals surface area contributed by atoms with E-state index >= 15 is 0 Å². The van der Waals surface area contributed by atoms with Crippen LogP contribution in [0, 0.1) is 11.8 Å². The van der Waals surface area contributed by atoms with Crippen LogP contribution in [0.15, 0.2) is 60.7 Å². The van der Waals surface area contributed by atoms with Crippen LogP contribution in [0.4, 0.5) is 0 Å². The molecule has 0 aromatic heterocycles. The van der Waals surface area contributed by atoms with Gasteiger partial charge in [0.25, 0.3) is 0 Å². The van der Waals surface area contributed by atoms with E-state index in [4.69, 9.17) is 0 Å². The molecular weight excluding hydrogens is 472 g/mol. The zero-order valence-electron chi connectivity index (χ0n) is 23.0. The Kier molecular flexibility index (Phi) is 7.01. The lowest BCUT2D eigenvalue weighted by molar-refractivity contribution is -0.156. The minimum Gasteiger partial charge on any atom is -0.383 e. The molecule has 4 aliphatic heterocycles. The summed E-state index contributed by atoms with van der Waals surface area (Å²) in [5, 5.41) is 24.8. The van der Waals surface area contributed by atoms with Crippen molar-refractivity contribution in [2.45, 2.75) is 101 Å². The van der Waals surface area contributed by atoms with Gasteiger partial charge in [-0.05, 0) is 74.6 Å². The topological polar surface area (TPSA) is 64.0 Å². The van der Waals surface area contributed by atoms with E-state index < -0.39 is 11.2 Å². The van der Waals surface area contributed by atoms with Crippen molar-refractivity contribution < 1.29 is 15.0 Å². The Morgan fingerprint density at radius 3 is 1.53 bits per heavy atom. The lowest BCUT2D eigenvalue weighted by Gasteiger charge is -2.54. The number of fused-ring (bicyclic) bond motifs is 2. The zero-order valence-corrected chi connectivity index (χ0v) is 23.0. The third-order valence-corrected chi connectivity index (χ3v) is 10.7. The van der Waals surface area contributed by atoms with E-state index in [9.17, 15) is 15.0 Å². The standard InChI is InChI=1S/C33H44N2O3/c1-23-19-27-15-9-17-34(27)30(32(23,37)25-11-5-3-6-12-25)21-29(36)22-31-33(38,26-13-7-4-8-14-26)24(2)20-28-16-10-18-35(28)31/h3-8,11-14,23-24,27-28,30-31,37-38H,9-10,15-22H2,1-2H3/t23-,24-,27+,28+,30+,31+,32+,33+/m1/s1. The zero-order chi connectivity index (χ0) is 26.5. The summed E-state index contributed by atoms with van der Waals surface area (Å²) in [7, 11) is 0. The number of aliphatic hydroxyl groups is 2. The van der Waals surface area contributed by atoms with Crippen molar-refractivity contribution >= 4 is 5.78 Å². The highest BCUT2D eigenvalue weighted by Crippen LogP contribution is 2.50. The Morgan fingerprint density at radius 2 is 1.13 bits per heavy atom. The highest BCUT2D eigenvalue weighted by Gasteiger charge is 2.56. The van der Waals surface area contributed by atoms with Crippen LogP contribution >= 0.6 is 0 Å². The molecule has 2 N–H and O–H groups in total. The third kappa shape index (κ3) is 4.18. The van der Waals surface area contributed by atoms with Gasteiger partial charge in [0.05, 0.1) is 12.1 Å². The minimum absolute atomic E-state index is 0.0703. The normalized spacial score (nSPS) is 39.6. The van der Waals surface area contributed by atoms with Gasteiger partial charge in [-0.25, -0.2) is 0 Å². The van der Waals surface area contributed by atoms with Crippen LogP contribution in [0.2, 0.25) is 0 Å². The molecule has 0 spiro atoms. The van der Waals surface area contributed by atoms with Gasteiger partial charge in [0.15, 0.2) is 0 Å². The van der Waals surface area contributed by atoms with Crippen LogP contribution in [0.3, 0.4) is 0 Å². The van der Waals surface area contributed by atoms with Crippen molar-refractivity contribution in [3.05, 3.63) is 71.8 Å². The van der Waals surface area contributed by atoms with Crippen LogP contribution < -0.4 is 0 Å². The van der Waals surface area contributed by atoms with Gasteiger partial charge in [-0.1, -0.05) is 74.5 Å². The predicted octanol–water partition coefficient (Wildman–Crippen LogP) is 4.86.